The molecule has 0 saturated carbocycles. The molecule has 1 atom stereocenters. The van der Waals surface area contributed by atoms with Crippen LogP contribution < -0.4 is 31.2 Å². The number of aromatic nitrogens is 3. The number of anilines is 1. The van der Waals surface area contributed by atoms with E-state index in [1.807, 2.05) is 16.8 Å². The summed E-state index contributed by atoms with van der Waals surface area (Å²) in [5.41, 5.74) is 14.5. The van der Waals surface area contributed by atoms with Crippen molar-refractivity contribution in [1.82, 2.24) is 19.7 Å². The summed E-state index contributed by atoms with van der Waals surface area (Å²) in [4.78, 5) is 11.8. The van der Waals surface area contributed by atoms with Gasteiger partial charge in [-0.25, -0.2) is 4.98 Å². The summed E-state index contributed by atoms with van der Waals surface area (Å²) in [6.45, 7) is 3.82. The minimum Gasteiger partial charge on any atom is -0.496 e. The number of nitrogens with zero attached hydrogens (tertiary/aromatic N) is 4. The van der Waals surface area contributed by atoms with Crippen molar-refractivity contribution in [2.75, 3.05) is 51.8 Å². The lowest BCUT2D eigenvalue weighted by molar-refractivity contribution is 0.395. The fraction of sp³-hybridized carbons (Fsp3) is 0.400. The first-order chi connectivity index (χ1) is 14.5. The summed E-state index contributed by atoms with van der Waals surface area (Å²) in [5.74, 6) is 2.55. The Labute approximate surface area is 179 Å². The van der Waals surface area contributed by atoms with E-state index >= 15 is 0 Å². The van der Waals surface area contributed by atoms with E-state index in [-0.39, 0.29) is 6.04 Å². The maximum Gasteiger partial charge on any atom is 0.236 e. The first-order valence-electron chi connectivity index (χ1n) is 9.78. The summed E-state index contributed by atoms with van der Waals surface area (Å²) >= 11 is 6.35. The highest BCUT2D eigenvalue weighted by Gasteiger charge is 2.22. The van der Waals surface area contributed by atoms with Crippen molar-refractivity contribution >= 4 is 23.2 Å². The number of nitrogens with two attached hydrogens (primary N) is 2. The molecule has 3 aromatic rings. The smallest absolute Gasteiger partial charge is 0.236 e. The number of hydrogen-bond acceptors (Lipinski definition) is 8. The van der Waals surface area contributed by atoms with Crippen LogP contribution >= 0.6 is 11.6 Å². The summed E-state index contributed by atoms with van der Waals surface area (Å²) < 4.78 is 12.7. The number of rotatable bonds is 6. The second-order valence-electron chi connectivity index (χ2n) is 7.12. The lowest BCUT2D eigenvalue weighted by atomic mass is 10.1. The number of ether oxygens (including phenoxy) is 2. The second kappa shape index (κ2) is 8.65. The molecule has 30 heavy (non-hydrogen) atoms. The second-order valence-corrected chi connectivity index (χ2v) is 7.53. The van der Waals surface area contributed by atoms with Gasteiger partial charge in [-0.15, -0.1) is 0 Å². The Kier molecular flexibility index (Phi) is 5.96. The van der Waals surface area contributed by atoms with Crippen LogP contribution in [0.15, 0.2) is 24.5 Å². The Balaban J connectivity index is 1.84. The van der Waals surface area contributed by atoms with Crippen molar-refractivity contribution in [2.45, 2.75) is 6.04 Å². The van der Waals surface area contributed by atoms with Gasteiger partial charge in [-0.3, -0.25) is 4.40 Å². The van der Waals surface area contributed by atoms with Crippen molar-refractivity contribution < 1.29 is 9.47 Å². The third kappa shape index (κ3) is 3.77. The number of piperazine rings is 1. The van der Waals surface area contributed by atoms with Gasteiger partial charge in [0.05, 0.1) is 24.9 Å². The van der Waals surface area contributed by atoms with Crippen LogP contribution in [0.25, 0.3) is 17.0 Å². The van der Waals surface area contributed by atoms with E-state index in [1.165, 1.54) is 0 Å². The molecule has 0 bridgehead atoms. The van der Waals surface area contributed by atoms with E-state index in [1.54, 1.807) is 26.4 Å². The topological polar surface area (TPSA) is 116 Å². The molecule has 0 aliphatic carbocycles. The molecule has 1 fully saturated rings. The molecule has 10 heteroatoms. The molecular weight excluding hydrogens is 406 g/mol. The monoisotopic (exact) mass is 431 g/mol. The maximum atomic E-state index is 6.35. The Morgan fingerprint density at radius 1 is 1.13 bits per heavy atom. The molecule has 1 saturated heterocycles. The van der Waals surface area contributed by atoms with Crippen LogP contribution in [0.2, 0.25) is 5.02 Å². The zero-order chi connectivity index (χ0) is 21.3. The van der Waals surface area contributed by atoms with Crippen LogP contribution in [0.4, 0.5) is 5.82 Å². The fourth-order valence-electron chi connectivity index (χ4n) is 3.64. The number of halogens is 1. The third-order valence-electron chi connectivity index (χ3n) is 5.27. The van der Waals surface area contributed by atoms with Crippen molar-refractivity contribution in [3.8, 4) is 22.8 Å². The van der Waals surface area contributed by atoms with Crippen LogP contribution in [-0.4, -0.2) is 61.3 Å². The normalized spacial score (nSPS) is 15.4. The van der Waals surface area contributed by atoms with Gasteiger partial charge >= 0.3 is 0 Å². The average Bonchev–Trinajstić information content (AvgIpc) is 3.21. The molecule has 1 unspecified atom stereocenters. The number of imidazole rings is 1. The van der Waals surface area contributed by atoms with E-state index in [2.05, 4.69) is 10.2 Å². The van der Waals surface area contributed by atoms with E-state index in [9.17, 15) is 0 Å². The lowest BCUT2D eigenvalue weighted by Gasteiger charge is -2.31. The fourth-order valence-corrected chi connectivity index (χ4v) is 3.88. The van der Waals surface area contributed by atoms with E-state index < -0.39 is 0 Å². The largest absolute Gasteiger partial charge is 0.496 e. The van der Waals surface area contributed by atoms with Gasteiger partial charge in [-0.1, -0.05) is 11.6 Å². The highest BCUT2D eigenvalue weighted by Crippen LogP contribution is 2.38. The summed E-state index contributed by atoms with van der Waals surface area (Å²) in [7, 11) is 3.16. The molecule has 1 aliphatic heterocycles. The zero-order valence-corrected chi connectivity index (χ0v) is 17.8. The molecule has 4 rings (SSSR count). The maximum absolute atomic E-state index is 6.35. The van der Waals surface area contributed by atoms with Gasteiger partial charge in [0.25, 0.3) is 0 Å². The standard InChI is InChI=1S/C20H26ClN7O2/c1-29-17-8-18(30-2)14(21)7-12(17)16-11-28-10-13(15(23)9-22)19(26-20(28)25-16)27-5-3-24-4-6-27/h7-8,10-11,15,24H,3-6,9,22-23H2,1-2H3. The number of nitrogens with one attached hydrogen (secondary N) is 1. The molecule has 0 radical (unpaired) electrons. The summed E-state index contributed by atoms with van der Waals surface area (Å²) in [5, 5.41) is 3.83. The number of methoxy groups -OCH3 is 2. The summed E-state index contributed by atoms with van der Waals surface area (Å²) in [6.07, 6.45) is 3.85. The zero-order valence-electron chi connectivity index (χ0n) is 17.1. The minimum atomic E-state index is -0.317. The predicted molar refractivity (Wildman–Crippen MR) is 118 cm³/mol. The van der Waals surface area contributed by atoms with Crippen LogP contribution in [0.3, 0.4) is 0 Å². The molecule has 5 N–H and O–H groups in total. The Morgan fingerprint density at radius 2 is 1.87 bits per heavy atom. The van der Waals surface area contributed by atoms with Crippen LogP contribution in [0, 0.1) is 0 Å². The summed E-state index contributed by atoms with van der Waals surface area (Å²) in [6, 6.07) is 3.21. The predicted octanol–water partition coefficient (Wildman–Crippen LogP) is 1.44. The Bertz CT molecular complexity index is 1050. The third-order valence-corrected chi connectivity index (χ3v) is 5.57. The average molecular weight is 432 g/mol. The Hall–Kier alpha value is -2.59. The van der Waals surface area contributed by atoms with Crippen LogP contribution in [-0.2, 0) is 0 Å². The Morgan fingerprint density at radius 3 is 2.53 bits per heavy atom. The number of benzene rings is 1. The SMILES string of the molecule is COc1cc(OC)c(-c2cn3cc(C(N)CN)c(N4CCNCC4)nc3n2)cc1Cl. The highest BCUT2D eigenvalue weighted by atomic mass is 35.5. The van der Waals surface area contributed by atoms with Crippen molar-refractivity contribution in [1.29, 1.82) is 0 Å². The van der Waals surface area contributed by atoms with Crippen molar-refractivity contribution in [2.24, 2.45) is 11.5 Å². The van der Waals surface area contributed by atoms with Gasteiger partial charge in [-0.05, 0) is 6.07 Å². The first-order valence-corrected chi connectivity index (χ1v) is 10.2. The van der Waals surface area contributed by atoms with E-state index in [4.69, 9.17) is 42.5 Å². The van der Waals surface area contributed by atoms with E-state index in [0.717, 1.165) is 43.1 Å². The van der Waals surface area contributed by atoms with Gasteiger partial charge in [-0.2, -0.15) is 4.98 Å². The molecule has 1 aliphatic rings. The number of hydrogen-bond donors (Lipinski definition) is 3. The van der Waals surface area contributed by atoms with Crippen LogP contribution in [0.5, 0.6) is 11.5 Å². The minimum absolute atomic E-state index is 0.317. The molecule has 9 nitrogen and oxygen atoms in total. The van der Waals surface area contributed by atoms with Gasteiger partial charge in [0.15, 0.2) is 0 Å². The van der Waals surface area contributed by atoms with Gasteiger partial charge in [0.2, 0.25) is 5.78 Å². The molecule has 2 aromatic heterocycles. The first kappa shape index (κ1) is 20.7. The van der Waals surface area contributed by atoms with Gasteiger partial charge in [0, 0.05) is 68.4 Å². The van der Waals surface area contributed by atoms with Gasteiger partial charge < -0.3 is 31.2 Å². The number of fused-ring (bicyclic) bond motifs is 1. The molecular formula is C20H26ClN7O2. The van der Waals surface area contributed by atoms with Crippen molar-refractivity contribution in [3.63, 3.8) is 0 Å². The molecule has 0 spiro atoms. The highest BCUT2D eigenvalue weighted by molar-refractivity contribution is 6.32. The van der Waals surface area contributed by atoms with Crippen LogP contribution in [0.1, 0.15) is 11.6 Å². The van der Waals surface area contributed by atoms with Gasteiger partial charge in [0.1, 0.15) is 17.3 Å². The molecule has 3 heterocycles. The molecule has 160 valence electrons. The molecule has 1 aromatic carbocycles. The quantitative estimate of drug-likeness (QED) is 0.536. The van der Waals surface area contributed by atoms with Crippen molar-refractivity contribution in [3.05, 3.63) is 35.1 Å². The molecule has 0 amide bonds. The lowest BCUT2D eigenvalue weighted by Crippen LogP contribution is -2.44. The van der Waals surface area contributed by atoms with E-state index in [0.29, 0.717) is 34.5 Å².